The Kier molecular flexibility index (Phi) is 5.57. The highest BCUT2D eigenvalue weighted by molar-refractivity contribution is 5.79. The van der Waals surface area contributed by atoms with E-state index in [4.69, 9.17) is 4.52 Å². The van der Waals surface area contributed by atoms with Gasteiger partial charge in [0, 0.05) is 37.5 Å². The minimum absolute atomic E-state index is 0.495. The molecule has 0 radical (unpaired) electrons. The Morgan fingerprint density at radius 1 is 1.25 bits per heavy atom. The first-order valence-electron chi connectivity index (χ1n) is 6.70. The lowest BCUT2D eigenvalue weighted by Crippen LogP contribution is -2.38. The summed E-state index contributed by atoms with van der Waals surface area (Å²) in [5.41, 5.74) is 1.87. The maximum absolute atomic E-state index is 4.78. The molecule has 0 unspecified atom stereocenters. The lowest BCUT2D eigenvalue weighted by molar-refractivity contribution is 0.412. The second-order valence-electron chi connectivity index (χ2n) is 4.18. The van der Waals surface area contributed by atoms with Crippen LogP contribution in [0.2, 0.25) is 0 Å². The number of aliphatic imine (C=N–C) groups is 1. The van der Waals surface area contributed by atoms with Crippen LogP contribution in [0, 0.1) is 0 Å². The summed E-state index contributed by atoms with van der Waals surface area (Å²) in [6, 6.07) is 7.73. The van der Waals surface area contributed by atoms with E-state index in [1.54, 1.807) is 18.5 Å². The third-order valence-electron chi connectivity index (χ3n) is 2.63. The Morgan fingerprint density at radius 3 is 2.90 bits per heavy atom. The van der Waals surface area contributed by atoms with Crippen LogP contribution in [0.5, 0.6) is 0 Å². The van der Waals surface area contributed by atoms with Crippen LogP contribution < -0.4 is 10.6 Å². The van der Waals surface area contributed by atoms with Crippen molar-refractivity contribution in [3.8, 4) is 0 Å². The smallest absolute Gasteiger partial charge is 0.191 e. The minimum Gasteiger partial charge on any atom is -0.364 e. The van der Waals surface area contributed by atoms with E-state index >= 15 is 0 Å². The van der Waals surface area contributed by atoms with Gasteiger partial charge in [0.1, 0.15) is 12.0 Å². The van der Waals surface area contributed by atoms with Crippen LogP contribution in [0.25, 0.3) is 0 Å². The first-order valence-corrected chi connectivity index (χ1v) is 6.70. The van der Waals surface area contributed by atoms with Gasteiger partial charge in [-0.3, -0.25) is 4.98 Å². The molecule has 2 aromatic rings. The average Bonchev–Trinajstić information content (AvgIpc) is 2.99. The van der Waals surface area contributed by atoms with Gasteiger partial charge < -0.3 is 15.2 Å². The fourth-order valence-corrected chi connectivity index (χ4v) is 1.68. The lowest BCUT2D eigenvalue weighted by Gasteiger charge is -2.10. The third kappa shape index (κ3) is 4.72. The summed E-state index contributed by atoms with van der Waals surface area (Å²) in [4.78, 5) is 8.72. The number of rotatable bonds is 6. The number of pyridine rings is 1. The molecule has 6 heteroatoms. The fourth-order valence-electron chi connectivity index (χ4n) is 1.68. The predicted octanol–water partition coefficient (Wildman–Crippen LogP) is 1.37. The second-order valence-corrected chi connectivity index (χ2v) is 4.18. The van der Waals surface area contributed by atoms with Crippen LogP contribution in [0.3, 0.4) is 0 Å². The molecule has 106 valence electrons. The van der Waals surface area contributed by atoms with E-state index in [9.17, 15) is 0 Å². The van der Waals surface area contributed by atoms with E-state index < -0.39 is 0 Å². The predicted molar refractivity (Wildman–Crippen MR) is 77.3 cm³/mol. The quantitative estimate of drug-likeness (QED) is 0.614. The number of nitrogens with zero attached hydrogens (tertiary/aromatic N) is 3. The summed E-state index contributed by atoms with van der Waals surface area (Å²) in [6.07, 6.45) is 4.21. The van der Waals surface area contributed by atoms with Gasteiger partial charge in [-0.15, -0.1) is 0 Å². The van der Waals surface area contributed by atoms with Gasteiger partial charge in [0.2, 0.25) is 0 Å². The Hall–Kier alpha value is -2.37. The van der Waals surface area contributed by atoms with Crippen LogP contribution >= 0.6 is 0 Å². The number of hydrogen-bond donors (Lipinski definition) is 2. The van der Waals surface area contributed by atoms with Gasteiger partial charge >= 0.3 is 0 Å². The van der Waals surface area contributed by atoms with Crippen molar-refractivity contribution in [1.82, 2.24) is 20.8 Å². The number of nitrogens with one attached hydrogen (secondary N) is 2. The first-order chi connectivity index (χ1) is 9.88. The van der Waals surface area contributed by atoms with Crippen molar-refractivity contribution in [2.24, 2.45) is 4.99 Å². The molecular formula is C14H19N5O. The number of guanidine groups is 1. The highest BCUT2D eigenvalue weighted by Gasteiger charge is 1.99. The third-order valence-corrected chi connectivity index (χ3v) is 2.63. The van der Waals surface area contributed by atoms with Gasteiger partial charge in [-0.05, 0) is 19.1 Å². The standard InChI is InChI=1S/C14H19N5O/c1-2-15-14(18-11-13-7-10-20-19-13)17-9-6-12-5-3-4-8-16-12/h3-5,7-8,10H,2,6,9,11H2,1H3,(H2,15,17,18). The van der Waals surface area contributed by atoms with E-state index in [2.05, 4.69) is 25.8 Å². The van der Waals surface area contributed by atoms with Gasteiger partial charge in [0.15, 0.2) is 5.96 Å². The van der Waals surface area contributed by atoms with Crippen molar-refractivity contribution < 1.29 is 4.52 Å². The molecule has 0 saturated carbocycles. The van der Waals surface area contributed by atoms with E-state index in [0.717, 1.165) is 36.9 Å². The van der Waals surface area contributed by atoms with E-state index in [1.165, 1.54) is 0 Å². The normalized spacial score (nSPS) is 11.3. The first kappa shape index (κ1) is 14.0. The molecule has 0 bridgehead atoms. The molecule has 2 rings (SSSR count). The molecule has 0 amide bonds. The Labute approximate surface area is 118 Å². The molecule has 20 heavy (non-hydrogen) atoms. The zero-order valence-corrected chi connectivity index (χ0v) is 11.5. The monoisotopic (exact) mass is 273 g/mol. The molecule has 0 atom stereocenters. The molecule has 0 aliphatic carbocycles. The summed E-state index contributed by atoms with van der Waals surface area (Å²) in [5.74, 6) is 0.770. The molecule has 0 saturated heterocycles. The Balaban J connectivity index is 1.81. The molecule has 0 aromatic carbocycles. The molecule has 0 aliphatic rings. The van der Waals surface area contributed by atoms with Crippen molar-refractivity contribution in [3.05, 3.63) is 48.1 Å². The zero-order chi connectivity index (χ0) is 14.0. The Bertz CT molecular complexity index is 510. The van der Waals surface area contributed by atoms with Crippen LogP contribution in [0.4, 0.5) is 0 Å². The SMILES string of the molecule is CCNC(=NCc1ccon1)NCCc1ccccn1. The average molecular weight is 273 g/mol. The maximum Gasteiger partial charge on any atom is 0.191 e. The number of hydrogen-bond acceptors (Lipinski definition) is 4. The summed E-state index contributed by atoms with van der Waals surface area (Å²) < 4.78 is 4.78. The second kappa shape index (κ2) is 7.93. The highest BCUT2D eigenvalue weighted by Crippen LogP contribution is 1.96. The summed E-state index contributed by atoms with van der Waals surface area (Å²) in [6.45, 7) is 4.12. The van der Waals surface area contributed by atoms with Gasteiger partial charge in [0.25, 0.3) is 0 Å². The van der Waals surface area contributed by atoms with Gasteiger partial charge in [-0.25, -0.2) is 4.99 Å². The van der Waals surface area contributed by atoms with Gasteiger partial charge in [-0.1, -0.05) is 11.2 Å². The highest BCUT2D eigenvalue weighted by atomic mass is 16.5. The van der Waals surface area contributed by atoms with Crippen molar-refractivity contribution in [2.75, 3.05) is 13.1 Å². The fraction of sp³-hybridized carbons (Fsp3) is 0.357. The topological polar surface area (TPSA) is 75.3 Å². The van der Waals surface area contributed by atoms with E-state index in [-0.39, 0.29) is 0 Å². The van der Waals surface area contributed by atoms with Crippen molar-refractivity contribution >= 4 is 5.96 Å². The molecule has 6 nitrogen and oxygen atoms in total. The molecule has 0 aliphatic heterocycles. The minimum atomic E-state index is 0.495. The van der Waals surface area contributed by atoms with Gasteiger partial charge in [-0.2, -0.15) is 0 Å². The van der Waals surface area contributed by atoms with Gasteiger partial charge in [0.05, 0.1) is 6.54 Å². The molecule has 2 aromatic heterocycles. The number of aromatic nitrogens is 2. The summed E-state index contributed by atoms with van der Waals surface area (Å²) in [7, 11) is 0. The molecule has 0 fully saturated rings. The zero-order valence-electron chi connectivity index (χ0n) is 11.5. The molecular weight excluding hydrogens is 254 g/mol. The summed E-state index contributed by atoms with van der Waals surface area (Å²) in [5, 5.41) is 10.3. The molecule has 0 spiro atoms. The van der Waals surface area contributed by atoms with Crippen LogP contribution in [0.15, 0.2) is 46.2 Å². The van der Waals surface area contributed by atoms with Crippen molar-refractivity contribution in [2.45, 2.75) is 19.9 Å². The summed E-state index contributed by atoms with van der Waals surface area (Å²) >= 11 is 0. The van der Waals surface area contributed by atoms with Crippen molar-refractivity contribution in [3.63, 3.8) is 0 Å². The van der Waals surface area contributed by atoms with Crippen LogP contribution in [0.1, 0.15) is 18.3 Å². The maximum atomic E-state index is 4.78. The molecule has 2 heterocycles. The van der Waals surface area contributed by atoms with Crippen LogP contribution in [-0.2, 0) is 13.0 Å². The van der Waals surface area contributed by atoms with E-state index in [0.29, 0.717) is 6.54 Å². The molecule has 2 N–H and O–H groups in total. The lowest BCUT2D eigenvalue weighted by atomic mass is 10.3. The van der Waals surface area contributed by atoms with Crippen LogP contribution in [-0.4, -0.2) is 29.2 Å². The van der Waals surface area contributed by atoms with E-state index in [1.807, 2.05) is 25.1 Å². The largest absolute Gasteiger partial charge is 0.364 e. The van der Waals surface area contributed by atoms with Crippen molar-refractivity contribution in [1.29, 1.82) is 0 Å². The Morgan fingerprint density at radius 2 is 2.20 bits per heavy atom.